The van der Waals surface area contributed by atoms with Gasteiger partial charge >= 0.3 is 12.1 Å². The summed E-state index contributed by atoms with van der Waals surface area (Å²) in [4.78, 5) is 43.0. The smallest absolute Gasteiger partial charge is 0.412 e. The summed E-state index contributed by atoms with van der Waals surface area (Å²) in [7, 11) is -1.69. The van der Waals surface area contributed by atoms with Gasteiger partial charge in [-0.3, -0.25) is 10.1 Å². The molecule has 3 aromatic carbocycles. The van der Waals surface area contributed by atoms with Crippen molar-refractivity contribution in [2.75, 3.05) is 19.0 Å². The fraction of sp³-hybridized carbons (Fsp3) is 0.314. The van der Waals surface area contributed by atoms with Gasteiger partial charge in [-0.2, -0.15) is 0 Å². The first-order valence-corrected chi connectivity index (χ1v) is 17.7. The molecule has 0 spiro atoms. The van der Waals surface area contributed by atoms with Crippen molar-refractivity contribution in [3.8, 4) is 10.6 Å². The lowest BCUT2D eigenvalue weighted by Crippen LogP contribution is -2.67. The van der Waals surface area contributed by atoms with E-state index in [2.05, 4.69) is 60.7 Å². The molecule has 46 heavy (non-hydrogen) atoms. The molecule has 0 aliphatic carbocycles. The van der Waals surface area contributed by atoms with Crippen LogP contribution in [-0.2, 0) is 18.7 Å². The summed E-state index contributed by atoms with van der Waals surface area (Å²) in [6.45, 7) is 11.7. The topological polar surface area (TPSA) is 116 Å². The zero-order chi connectivity index (χ0) is 33.5. The van der Waals surface area contributed by atoms with Gasteiger partial charge in [-0.05, 0) is 60.4 Å². The summed E-state index contributed by atoms with van der Waals surface area (Å²) < 4.78 is 17.3. The maximum atomic E-state index is 13.4. The highest BCUT2D eigenvalue weighted by Gasteiger charge is 2.50. The number of benzene rings is 3. The van der Waals surface area contributed by atoms with Gasteiger partial charge in [0.15, 0.2) is 0 Å². The van der Waals surface area contributed by atoms with Crippen molar-refractivity contribution in [2.24, 2.45) is 0 Å². The molecule has 0 saturated heterocycles. The maximum absolute atomic E-state index is 13.4. The van der Waals surface area contributed by atoms with E-state index in [1.165, 1.54) is 18.4 Å². The Kier molecular flexibility index (Phi) is 10.8. The van der Waals surface area contributed by atoms with Crippen LogP contribution in [0.1, 0.15) is 52.0 Å². The minimum Gasteiger partial charge on any atom is -0.467 e. The Bertz CT molecular complexity index is 1590. The second-order valence-electron chi connectivity index (χ2n) is 12.8. The molecule has 1 heterocycles. The lowest BCUT2D eigenvalue weighted by atomic mass is 10.2. The predicted molar refractivity (Wildman–Crippen MR) is 184 cm³/mol. The molecule has 0 bridgehead atoms. The molecule has 4 aromatic rings. The van der Waals surface area contributed by atoms with Crippen molar-refractivity contribution < 1.29 is 28.3 Å². The standard InChI is InChI=1S/C35H41N3O6SSi/c1-34(2,3)44-33(41)36-25-20-18-24(19-21-25)31-38-29(23-45-31)30(39)37-28(32(40)42-7)22-43-46(35(4,5)6,26-14-10-8-11-15-26)27-16-12-9-13-17-27/h8-21,23,28H,22H2,1-7H3,(H,36,41)(H,37,39). The van der Waals surface area contributed by atoms with E-state index < -0.39 is 37.9 Å². The van der Waals surface area contributed by atoms with Crippen molar-refractivity contribution in [2.45, 2.75) is 58.2 Å². The van der Waals surface area contributed by atoms with Gasteiger partial charge in [0.25, 0.3) is 14.2 Å². The normalized spacial score (nSPS) is 12.6. The monoisotopic (exact) mass is 659 g/mol. The average Bonchev–Trinajstić information content (AvgIpc) is 3.51. The van der Waals surface area contributed by atoms with Gasteiger partial charge in [0.1, 0.15) is 22.3 Å². The minimum atomic E-state index is -2.97. The summed E-state index contributed by atoms with van der Waals surface area (Å²) in [5.74, 6) is -1.14. The number of aromatic nitrogens is 1. The molecular formula is C35H41N3O6SSi. The number of thiazole rings is 1. The number of carbonyl (C=O) groups is 3. The lowest BCUT2D eigenvalue weighted by molar-refractivity contribution is -0.143. The van der Waals surface area contributed by atoms with Crippen LogP contribution in [0.15, 0.2) is 90.3 Å². The number of nitrogens with zero attached hydrogens (tertiary/aromatic N) is 1. The Morgan fingerprint density at radius 2 is 1.41 bits per heavy atom. The SMILES string of the molecule is COC(=O)C(CO[Si](c1ccccc1)(c1ccccc1)C(C)(C)C)NC(=O)c1csc(-c2ccc(NC(=O)OC(C)(C)C)cc2)n1. The highest BCUT2D eigenvalue weighted by molar-refractivity contribution is 7.13. The van der Waals surface area contributed by atoms with E-state index in [1.807, 2.05) is 36.4 Å². The third-order valence-corrected chi connectivity index (χ3v) is 13.1. The van der Waals surface area contributed by atoms with Crippen molar-refractivity contribution >= 4 is 53.7 Å². The summed E-state index contributed by atoms with van der Waals surface area (Å²) in [6, 6.07) is 26.1. The summed E-state index contributed by atoms with van der Waals surface area (Å²) in [5.41, 5.74) is 0.880. The van der Waals surface area contributed by atoms with Crippen molar-refractivity contribution in [1.82, 2.24) is 10.3 Å². The molecule has 1 atom stereocenters. The molecule has 0 aliphatic heterocycles. The molecule has 0 saturated carbocycles. The molecule has 0 radical (unpaired) electrons. The van der Waals surface area contributed by atoms with E-state index >= 15 is 0 Å². The maximum Gasteiger partial charge on any atom is 0.412 e. The van der Waals surface area contributed by atoms with Crippen LogP contribution in [0.5, 0.6) is 0 Å². The molecular weight excluding hydrogens is 619 g/mol. The first-order valence-electron chi connectivity index (χ1n) is 14.9. The third-order valence-electron chi connectivity index (χ3n) is 7.19. The van der Waals surface area contributed by atoms with E-state index in [-0.39, 0.29) is 17.3 Å². The van der Waals surface area contributed by atoms with Crippen molar-refractivity contribution in [1.29, 1.82) is 0 Å². The van der Waals surface area contributed by atoms with Gasteiger partial charge in [0.05, 0.1) is 13.7 Å². The van der Waals surface area contributed by atoms with E-state index in [9.17, 15) is 14.4 Å². The van der Waals surface area contributed by atoms with E-state index in [0.29, 0.717) is 10.7 Å². The summed E-state index contributed by atoms with van der Waals surface area (Å²) in [5, 5.41) is 9.52. The van der Waals surface area contributed by atoms with Gasteiger partial charge in [-0.25, -0.2) is 14.6 Å². The number of hydrogen-bond acceptors (Lipinski definition) is 8. The van der Waals surface area contributed by atoms with Gasteiger partial charge < -0.3 is 19.2 Å². The second-order valence-corrected chi connectivity index (χ2v) is 17.9. The molecule has 2 N–H and O–H groups in total. The minimum absolute atomic E-state index is 0.0885. The lowest BCUT2D eigenvalue weighted by Gasteiger charge is -2.43. The zero-order valence-electron chi connectivity index (χ0n) is 27.2. The van der Waals surface area contributed by atoms with Gasteiger partial charge in [-0.1, -0.05) is 81.4 Å². The van der Waals surface area contributed by atoms with Crippen LogP contribution < -0.4 is 21.0 Å². The number of amides is 2. The molecule has 0 fully saturated rings. The van der Waals surface area contributed by atoms with Gasteiger partial charge in [0, 0.05) is 16.6 Å². The highest BCUT2D eigenvalue weighted by Crippen LogP contribution is 2.37. The molecule has 242 valence electrons. The van der Waals surface area contributed by atoms with Crippen LogP contribution in [0.25, 0.3) is 10.6 Å². The fourth-order valence-electron chi connectivity index (χ4n) is 5.14. The molecule has 11 heteroatoms. The molecule has 9 nitrogen and oxygen atoms in total. The highest BCUT2D eigenvalue weighted by atomic mass is 32.1. The number of carbonyl (C=O) groups excluding carboxylic acids is 3. The van der Waals surface area contributed by atoms with Crippen LogP contribution in [0, 0.1) is 0 Å². The first kappa shape index (κ1) is 34.5. The van der Waals surface area contributed by atoms with Crippen LogP contribution in [-0.4, -0.2) is 56.6 Å². The fourth-order valence-corrected chi connectivity index (χ4v) is 10.5. The van der Waals surface area contributed by atoms with Crippen molar-refractivity contribution in [3.05, 3.63) is 96.0 Å². The third kappa shape index (κ3) is 8.28. The number of methoxy groups -OCH3 is 1. The largest absolute Gasteiger partial charge is 0.467 e. The number of anilines is 1. The Labute approximate surface area is 275 Å². The van der Waals surface area contributed by atoms with Gasteiger partial charge in [-0.15, -0.1) is 11.3 Å². The average molecular weight is 660 g/mol. The van der Waals surface area contributed by atoms with Crippen LogP contribution in [0.3, 0.4) is 0 Å². The number of ether oxygens (including phenoxy) is 2. The molecule has 1 aromatic heterocycles. The Balaban J connectivity index is 1.52. The number of hydrogen-bond donors (Lipinski definition) is 2. The Morgan fingerprint density at radius 1 is 0.848 bits per heavy atom. The van der Waals surface area contributed by atoms with E-state index in [0.717, 1.165) is 15.9 Å². The number of rotatable bonds is 10. The van der Waals surface area contributed by atoms with Gasteiger partial charge in [0.2, 0.25) is 0 Å². The molecule has 0 aliphatic rings. The number of esters is 1. The van der Waals surface area contributed by atoms with Crippen LogP contribution in [0.4, 0.5) is 10.5 Å². The van der Waals surface area contributed by atoms with E-state index in [1.54, 1.807) is 50.4 Å². The predicted octanol–water partition coefficient (Wildman–Crippen LogP) is 6.01. The zero-order valence-corrected chi connectivity index (χ0v) is 29.1. The van der Waals surface area contributed by atoms with Crippen molar-refractivity contribution in [3.63, 3.8) is 0 Å². The molecule has 1 unspecified atom stereocenters. The first-order chi connectivity index (χ1) is 21.7. The Morgan fingerprint density at radius 3 is 1.91 bits per heavy atom. The molecule has 4 rings (SSSR count). The summed E-state index contributed by atoms with van der Waals surface area (Å²) in [6.07, 6.45) is -0.549. The summed E-state index contributed by atoms with van der Waals surface area (Å²) >= 11 is 1.29. The van der Waals surface area contributed by atoms with Crippen LogP contribution >= 0.6 is 11.3 Å². The van der Waals surface area contributed by atoms with E-state index in [4.69, 9.17) is 13.9 Å². The number of nitrogens with one attached hydrogen (secondary N) is 2. The quantitative estimate of drug-likeness (QED) is 0.158. The molecule has 2 amide bonds. The second kappa shape index (κ2) is 14.4. The van der Waals surface area contributed by atoms with Crippen LogP contribution in [0.2, 0.25) is 5.04 Å². The Hall–Kier alpha value is -4.32.